The first-order chi connectivity index (χ1) is 18.9. The van der Waals surface area contributed by atoms with Crippen molar-refractivity contribution in [2.24, 2.45) is 5.92 Å². The number of esters is 1. The van der Waals surface area contributed by atoms with Crippen LogP contribution in [0.15, 0.2) is 78.9 Å². The summed E-state index contributed by atoms with van der Waals surface area (Å²) in [7, 11) is 1.58. The molecule has 3 aromatic rings. The number of cyclic esters (lactones) is 1. The minimum Gasteiger partial charge on any atom is -0.497 e. The van der Waals surface area contributed by atoms with E-state index in [0.29, 0.717) is 29.4 Å². The van der Waals surface area contributed by atoms with Crippen LogP contribution in [0.3, 0.4) is 0 Å². The molecule has 0 saturated carbocycles. The summed E-state index contributed by atoms with van der Waals surface area (Å²) in [4.78, 5) is 42.1. The fourth-order valence-electron chi connectivity index (χ4n) is 5.06. The van der Waals surface area contributed by atoms with E-state index in [4.69, 9.17) is 25.8 Å². The number of hydrogen-bond donors (Lipinski definition) is 0. The Bertz CT molecular complexity index is 1330. The van der Waals surface area contributed by atoms with Gasteiger partial charge < -0.3 is 19.1 Å². The van der Waals surface area contributed by atoms with Crippen molar-refractivity contribution in [3.8, 4) is 5.75 Å². The molecule has 0 radical (unpaired) electrons. The van der Waals surface area contributed by atoms with Crippen LogP contribution in [0.25, 0.3) is 0 Å². The van der Waals surface area contributed by atoms with Crippen LogP contribution in [-0.4, -0.2) is 49.2 Å². The van der Waals surface area contributed by atoms with E-state index in [-0.39, 0.29) is 31.4 Å². The number of halogens is 1. The summed E-state index contributed by atoms with van der Waals surface area (Å²) in [5.41, 5.74) is 2.34. The molecule has 2 amide bonds. The average molecular weight is 549 g/mol. The molecule has 8 nitrogen and oxygen atoms in total. The van der Waals surface area contributed by atoms with Gasteiger partial charge in [-0.25, -0.2) is 4.79 Å². The number of ether oxygens (including phenoxy) is 3. The van der Waals surface area contributed by atoms with Gasteiger partial charge in [-0.3, -0.25) is 14.5 Å². The normalized spacial score (nSPS) is 21.0. The fraction of sp³-hybridized carbons (Fsp3) is 0.300. The molecule has 0 N–H and O–H groups in total. The standard InChI is InChI=1S/C30H29ClN2O6/c1-37-25-9-5-8-21(16-25)28-26(39-30(36)33(28)24-12-10-23(31)11-13-24)18-32-15-14-22(17-27(32)34)29(35)38-19-20-6-3-2-4-7-20/h2-13,16,22,26,28H,14-15,17-19H2,1H3/t22?,26-,28-/m0/s1. The summed E-state index contributed by atoms with van der Waals surface area (Å²) in [6, 6.07) is 23.3. The maximum absolute atomic E-state index is 13.1. The van der Waals surface area contributed by atoms with Gasteiger partial charge in [0.1, 0.15) is 24.5 Å². The number of methoxy groups -OCH3 is 1. The SMILES string of the molecule is COc1cccc([C@H]2[C@H](CN3CCC(C(=O)OCc4ccccc4)CC3=O)OC(=O)N2c2ccc(Cl)cc2)c1. The zero-order valence-corrected chi connectivity index (χ0v) is 22.3. The Morgan fingerprint density at radius 3 is 2.51 bits per heavy atom. The second kappa shape index (κ2) is 11.8. The maximum Gasteiger partial charge on any atom is 0.415 e. The van der Waals surface area contributed by atoms with Crippen molar-refractivity contribution in [1.29, 1.82) is 0 Å². The lowest BCUT2D eigenvalue weighted by atomic mass is 9.94. The van der Waals surface area contributed by atoms with Crippen LogP contribution in [0.5, 0.6) is 5.75 Å². The molecule has 202 valence electrons. The minimum absolute atomic E-state index is 0.0546. The van der Waals surface area contributed by atoms with Crippen molar-refractivity contribution in [3.05, 3.63) is 95.0 Å². The Morgan fingerprint density at radius 2 is 1.79 bits per heavy atom. The Hall–Kier alpha value is -4.04. The highest BCUT2D eigenvalue weighted by Gasteiger charge is 2.45. The monoisotopic (exact) mass is 548 g/mol. The van der Waals surface area contributed by atoms with Crippen molar-refractivity contribution in [1.82, 2.24) is 4.90 Å². The Kier molecular flexibility index (Phi) is 8.02. The number of benzene rings is 3. The molecule has 2 heterocycles. The molecular formula is C30H29ClN2O6. The van der Waals surface area contributed by atoms with Gasteiger partial charge in [-0.05, 0) is 53.9 Å². The zero-order chi connectivity index (χ0) is 27.4. The molecule has 2 aliphatic rings. The van der Waals surface area contributed by atoms with E-state index < -0.39 is 24.2 Å². The number of hydrogen-bond acceptors (Lipinski definition) is 6. The molecule has 3 aromatic carbocycles. The molecule has 39 heavy (non-hydrogen) atoms. The summed E-state index contributed by atoms with van der Waals surface area (Å²) in [5.74, 6) is -0.397. The second-order valence-corrected chi connectivity index (χ2v) is 10.0. The number of anilines is 1. The lowest BCUT2D eigenvalue weighted by Gasteiger charge is -2.33. The van der Waals surface area contributed by atoms with E-state index in [9.17, 15) is 14.4 Å². The summed E-state index contributed by atoms with van der Waals surface area (Å²) < 4.78 is 16.7. The van der Waals surface area contributed by atoms with Crippen molar-refractivity contribution >= 4 is 35.3 Å². The van der Waals surface area contributed by atoms with Crippen molar-refractivity contribution in [3.63, 3.8) is 0 Å². The molecule has 3 atom stereocenters. The van der Waals surface area contributed by atoms with Gasteiger partial charge in [0.15, 0.2) is 0 Å². The van der Waals surface area contributed by atoms with Crippen molar-refractivity contribution in [2.45, 2.75) is 31.6 Å². The predicted octanol–water partition coefficient (Wildman–Crippen LogP) is 5.40. The lowest BCUT2D eigenvalue weighted by Crippen LogP contribution is -2.46. The molecule has 2 saturated heterocycles. The predicted molar refractivity (Wildman–Crippen MR) is 145 cm³/mol. The first-order valence-corrected chi connectivity index (χ1v) is 13.2. The lowest BCUT2D eigenvalue weighted by molar-refractivity contribution is -0.156. The fourth-order valence-corrected chi connectivity index (χ4v) is 5.19. The minimum atomic E-state index is -0.634. The summed E-state index contributed by atoms with van der Waals surface area (Å²) in [5, 5.41) is 0.552. The van der Waals surface area contributed by atoms with Gasteiger partial charge in [0.25, 0.3) is 0 Å². The Balaban J connectivity index is 1.30. The first-order valence-electron chi connectivity index (χ1n) is 12.8. The molecule has 0 aromatic heterocycles. The van der Waals surface area contributed by atoms with Crippen LogP contribution < -0.4 is 9.64 Å². The molecule has 9 heteroatoms. The molecule has 0 aliphatic carbocycles. The highest BCUT2D eigenvalue weighted by molar-refractivity contribution is 6.30. The van der Waals surface area contributed by atoms with Gasteiger partial charge >= 0.3 is 12.1 Å². The van der Waals surface area contributed by atoms with E-state index >= 15 is 0 Å². The second-order valence-electron chi connectivity index (χ2n) is 9.61. The van der Waals surface area contributed by atoms with E-state index in [1.54, 1.807) is 41.2 Å². The molecule has 0 spiro atoms. The maximum atomic E-state index is 13.1. The van der Waals surface area contributed by atoms with Crippen molar-refractivity contribution < 1.29 is 28.6 Å². The number of amides is 2. The highest BCUT2D eigenvalue weighted by Crippen LogP contribution is 2.39. The summed E-state index contributed by atoms with van der Waals surface area (Å²) >= 11 is 6.08. The van der Waals surface area contributed by atoms with Crippen LogP contribution in [0.4, 0.5) is 10.5 Å². The molecular weight excluding hydrogens is 520 g/mol. The Labute approximate surface area is 232 Å². The van der Waals surface area contributed by atoms with E-state index in [2.05, 4.69) is 0 Å². The number of carbonyl (C=O) groups excluding carboxylic acids is 3. The van der Waals surface area contributed by atoms with Gasteiger partial charge in [0.05, 0.1) is 19.6 Å². The molecule has 2 fully saturated rings. The largest absolute Gasteiger partial charge is 0.497 e. The van der Waals surface area contributed by atoms with Gasteiger partial charge in [0, 0.05) is 23.7 Å². The number of carbonyl (C=O) groups is 3. The van der Waals surface area contributed by atoms with Gasteiger partial charge in [-0.1, -0.05) is 54.1 Å². The van der Waals surface area contributed by atoms with Crippen LogP contribution >= 0.6 is 11.6 Å². The van der Waals surface area contributed by atoms with Crippen LogP contribution in [-0.2, 0) is 25.7 Å². The highest BCUT2D eigenvalue weighted by atomic mass is 35.5. The van der Waals surface area contributed by atoms with Crippen LogP contribution in [0.2, 0.25) is 5.02 Å². The number of nitrogens with zero attached hydrogens (tertiary/aromatic N) is 2. The third-order valence-corrected chi connectivity index (χ3v) is 7.35. The Morgan fingerprint density at radius 1 is 1.03 bits per heavy atom. The summed E-state index contributed by atoms with van der Waals surface area (Å²) in [6.07, 6.45) is -0.614. The molecule has 2 aliphatic heterocycles. The van der Waals surface area contributed by atoms with E-state index in [0.717, 1.165) is 11.1 Å². The first kappa shape index (κ1) is 26.6. The third-order valence-electron chi connectivity index (χ3n) is 7.10. The van der Waals surface area contributed by atoms with Gasteiger partial charge in [-0.2, -0.15) is 0 Å². The smallest absolute Gasteiger partial charge is 0.415 e. The number of likely N-dealkylation sites (tertiary alicyclic amines) is 1. The molecule has 1 unspecified atom stereocenters. The number of rotatable bonds is 8. The number of piperidine rings is 1. The average Bonchev–Trinajstić information content (AvgIpc) is 3.29. The summed E-state index contributed by atoms with van der Waals surface area (Å²) in [6.45, 7) is 0.737. The topological polar surface area (TPSA) is 85.4 Å². The zero-order valence-electron chi connectivity index (χ0n) is 21.5. The quantitative estimate of drug-likeness (QED) is 0.351. The van der Waals surface area contributed by atoms with Gasteiger partial charge in [-0.15, -0.1) is 0 Å². The van der Waals surface area contributed by atoms with Crippen molar-refractivity contribution in [2.75, 3.05) is 25.1 Å². The van der Waals surface area contributed by atoms with Crippen LogP contribution in [0, 0.1) is 5.92 Å². The van der Waals surface area contributed by atoms with Crippen LogP contribution in [0.1, 0.15) is 30.0 Å². The van der Waals surface area contributed by atoms with E-state index in [1.807, 2.05) is 54.6 Å². The van der Waals surface area contributed by atoms with E-state index in [1.165, 1.54) is 0 Å². The third kappa shape index (κ3) is 6.01. The molecule has 5 rings (SSSR count). The van der Waals surface area contributed by atoms with Gasteiger partial charge in [0.2, 0.25) is 5.91 Å². The molecule has 0 bridgehead atoms.